The number of anilines is 1. The number of halogens is 1. The van der Waals surface area contributed by atoms with E-state index in [1.807, 2.05) is 13.0 Å². The van der Waals surface area contributed by atoms with Crippen LogP contribution >= 0.6 is 11.6 Å². The van der Waals surface area contributed by atoms with Crippen LogP contribution in [0.2, 0.25) is 5.15 Å². The van der Waals surface area contributed by atoms with Crippen molar-refractivity contribution in [3.63, 3.8) is 0 Å². The van der Waals surface area contributed by atoms with Crippen molar-refractivity contribution in [3.8, 4) is 0 Å². The van der Waals surface area contributed by atoms with E-state index in [1.165, 1.54) is 0 Å². The van der Waals surface area contributed by atoms with Crippen molar-refractivity contribution in [3.05, 3.63) is 23.0 Å². The van der Waals surface area contributed by atoms with Crippen LogP contribution in [0.1, 0.15) is 19.0 Å². The molecule has 1 aliphatic heterocycles. The third-order valence-corrected chi connectivity index (χ3v) is 2.98. The highest BCUT2D eigenvalue weighted by molar-refractivity contribution is 6.29. The maximum Gasteiger partial charge on any atom is 0.129 e. The summed E-state index contributed by atoms with van der Waals surface area (Å²) in [6, 6.07) is 4.15. The monoisotopic (exact) mass is 226 g/mol. The van der Waals surface area contributed by atoms with Crippen LogP contribution in [0.3, 0.4) is 0 Å². The molecule has 1 aromatic rings. The summed E-state index contributed by atoms with van der Waals surface area (Å²) in [6.07, 6.45) is 1.31. The predicted octanol–water partition coefficient (Wildman–Crippen LogP) is 2.63. The van der Waals surface area contributed by atoms with Gasteiger partial charge < -0.3 is 10.1 Å². The van der Waals surface area contributed by atoms with Gasteiger partial charge in [-0.15, -0.1) is 0 Å². The highest BCUT2D eigenvalue weighted by Gasteiger charge is 2.24. The van der Waals surface area contributed by atoms with E-state index in [0.717, 1.165) is 24.4 Å². The normalized spacial score (nSPS) is 25.5. The van der Waals surface area contributed by atoms with Crippen LogP contribution in [0.25, 0.3) is 0 Å². The largest absolute Gasteiger partial charge is 0.378 e. The van der Waals surface area contributed by atoms with E-state index in [0.29, 0.717) is 11.2 Å². The quantitative estimate of drug-likeness (QED) is 0.788. The molecule has 1 aliphatic rings. The zero-order valence-corrected chi connectivity index (χ0v) is 9.71. The van der Waals surface area contributed by atoms with Gasteiger partial charge in [-0.2, -0.15) is 0 Å². The fraction of sp³-hybridized carbons (Fsp3) is 0.545. The lowest BCUT2D eigenvalue weighted by molar-refractivity contribution is 0.121. The summed E-state index contributed by atoms with van der Waals surface area (Å²) in [5.74, 6) is 0. The van der Waals surface area contributed by atoms with Gasteiger partial charge in [-0.25, -0.2) is 4.98 Å². The first kappa shape index (κ1) is 10.7. The zero-order valence-electron chi connectivity index (χ0n) is 8.96. The molecular weight excluding hydrogens is 212 g/mol. The lowest BCUT2D eigenvalue weighted by Gasteiger charge is -2.18. The first-order chi connectivity index (χ1) is 7.16. The molecule has 2 heterocycles. The van der Waals surface area contributed by atoms with E-state index < -0.39 is 0 Å². The highest BCUT2D eigenvalue weighted by Crippen LogP contribution is 2.21. The number of ether oxygens (including phenoxy) is 1. The average molecular weight is 227 g/mol. The van der Waals surface area contributed by atoms with E-state index in [2.05, 4.69) is 17.2 Å². The summed E-state index contributed by atoms with van der Waals surface area (Å²) >= 11 is 5.80. The van der Waals surface area contributed by atoms with Gasteiger partial charge in [0.05, 0.1) is 23.5 Å². The first-order valence-corrected chi connectivity index (χ1v) is 5.56. The molecule has 1 N–H and O–H groups in total. The number of rotatable bonds is 2. The van der Waals surface area contributed by atoms with Crippen LogP contribution in [-0.4, -0.2) is 23.7 Å². The molecule has 2 rings (SSSR count). The van der Waals surface area contributed by atoms with Crippen LogP contribution in [0.15, 0.2) is 12.1 Å². The molecule has 2 unspecified atom stereocenters. The lowest BCUT2D eigenvalue weighted by Crippen LogP contribution is -2.27. The molecule has 3 nitrogen and oxygen atoms in total. The molecule has 1 aromatic heterocycles. The number of hydrogen-bond acceptors (Lipinski definition) is 3. The van der Waals surface area contributed by atoms with Crippen molar-refractivity contribution in [2.45, 2.75) is 32.4 Å². The van der Waals surface area contributed by atoms with Crippen LogP contribution in [0.4, 0.5) is 5.69 Å². The van der Waals surface area contributed by atoms with Gasteiger partial charge in [0.25, 0.3) is 0 Å². The minimum absolute atomic E-state index is 0.264. The third-order valence-electron chi connectivity index (χ3n) is 2.77. The summed E-state index contributed by atoms with van der Waals surface area (Å²) < 4.78 is 5.49. The SMILES string of the molecule is Cc1nc(Cl)ccc1NC1CCOC1C. The molecule has 0 aromatic carbocycles. The summed E-state index contributed by atoms with van der Waals surface area (Å²) in [4.78, 5) is 4.20. The van der Waals surface area contributed by atoms with E-state index in [9.17, 15) is 0 Å². The molecular formula is C11H15ClN2O. The van der Waals surface area contributed by atoms with Crippen molar-refractivity contribution >= 4 is 17.3 Å². The van der Waals surface area contributed by atoms with E-state index in [-0.39, 0.29) is 6.10 Å². The zero-order chi connectivity index (χ0) is 10.8. The summed E-state index contributed by atoms with van der Waals surface area (Å²) in [5.41, 5.74) is 1.98. The van der Waals surface area contributed by atoms with Crippen molar-refractivity contribution < 1.29 is 4.74 Å². The Kier molecular flexibility index (Phi) is 3.12. The number of hydrogen-bond donors (Lipinski definition) is 1. The highest BCUT2D eigenvalue weighted by atomic mass is 35.5. The van der Waals surface area contributed by atoms with Gasteiger partial charge in [-0.05, 0) is 32.4 Å². The Morgan fingerprint density at radius 1 is 1.53 bits per heavy atom. The van der Waals surface area contributed by atoms with Gasteiger partial charge in [0.2, 0.25) is 0 Å². The number of nitrogens with zero attached hydrogens (tertiary/aromatic N) is 1. The molecule has 0 saturated carbocycles. The van der Waals surface area contributed by atoms with E-state index in [4.69, 9.17) is 16.3 Å². The minimum Gasteiger partial charge on any atom is -0.378 e. The van der Waals surface area contributed by atoms with Crippen LogP contribution in [-0.2, 0) is 4.74 Å². The maximum atomic E-state index is 5.80. The number of nitrogens with one attached hydrogen (secondary N) is 1. The fourth-order valence-corrected chi connectivity index (χ4v) is 1.99. The smallest absolute Gasteiger partial charge is 0.129 e. The number of aryl methyl sites for hydroxylation is 1. The Labute approximate surface area is 94.8 Å². The van der Waals surface area contributed by atoms with Gasteiger partial charge in [-0.1, -0.05) is 11.6 Å². The molecule has 0 radical (unpaired) electrons. The molecule has 0 aliphatic carbocycles. The molecule has 0 bridgehead atoms. The Balaban J connectivity index is 2.10. The van der Waals surface area contributed by atoms with Gasteiger partial charge in [0.15, 0.2) is 0 Å². The first-order valence-electron chi connectivity index (χ1n) is 5.18. The molecule has 0 spiro atoms. The molecule has 15 heavy (non-hydrogen) atoms. The Morgan fingerprint density at radius 3 is 2.93 bits per heavy atom. The number of aromatic nitrogens is 1. The van der Waals surface area contributed by atoms with Gasteiger partial charge in [0, 0.05) is 6.61 Å². The van der Waals surface area contributed by atoms with Crippen molar-refractivity contribution in [2.24, 2.45) is 0 Å². The van der Waals surface area contributed by atoms with Crippen LogP contribution < -0.4 is 5.32 Å². The van der Waals surface area contributed by atoms with Crippen LogP contribution in [0.5, 0.6) is 0 Å². The summed E-state index contributed by atoms with van der Waals surface area (Å²) in [5, 5.41) is 3.98. The Morgan fingerprint density at radius 2 is 2.33 bits per heavy atom. The lowest BCUT2D eigenvalue weighted by atomic mass is 10.1. The topological polar surface area (TPSA) is 34.2 Å². The van der Waals surface area contributed by atoms with E-state index in [1.54, 1.807) is 6.07 Å². The average Bonchev–Trinajstić information content (AvgIpc) is 2.57. The third kappa shape index (κ3) is 2.41. The predicted molar refractivity (Wildman–Crippen MR) is 61.4 cm³/mol. The molecule has 1 fully saturated rings. The second-order valence-electron chi connectivity index (χ2n) is 3.88. The van der Waals surface area contributed by atoms with Crippen LogP contribution in [0, 0.1) is 6.92 Å². The van der Waals surface area contributed by atoms with Gasteiger partial charge >= 0.3 is 0 Å². The summed E-state index contributed by atoms with van der Waals surface area (Å²) in [7, 11) is 0. The molecule has 4 heteroatoms. The molecule has 1 saturated heterocycles. The second kappa shape index (κ2) is 4.37. The van der Waals surface area contributed by atoms with Crippen molar-refractivity contribution in [1.82, 2.24) is 4.98 Å². The molecule has 82 valence electrons. The molecule has 0 amide bonds. The van der Waals surface area contributed by atoms with Crippen molar-refractivity contribution in [2.75, 3.05) is 11.9 Å². The Hall–Kier alpha value is -0.800. The van der Waals surface area contributed by atoms with Gasteiger partial charge in [-0.3, -0.25) is 0 Å². The second-order valence-corrected chi connectivity index (χ2v) is 4.27. The fourth-order valence-electron chi connectivity index (χ4n) is 1.80. The number of pyridine rings is 1. The summed E-state index contributed by atoms with van der Waals surface area (Å²) in [6.45, 7) is 4.87. The maximum absolute atomic E-state index is 5.80. The van der Waals surface area contributed by atoms with E-state index >= 15 is 0 Å². The minimum atomic E-state index is 0.264. The Bertz CT molecular complexity index is 356. The molecule has 2 atom stereocenters. The van der Waals surface area contributed by atoms with Crippen molar-refractivity contribution in [1.29, 1.82) is 0 Å². The van der Waals surface area contributed by atoms with Gasteiger partial charge in [0.1, 0.15) is 5.15 Å². The standard InChI is InChI=1S/C11H15ClN2O/c1-7-9(3-4-11(12)13-7)14-10-5-6-15-8(10)2/h3-4,8,10,14H,5-6H2,1-2H3.